The van der Waals surface area contributed by atoms with Gasteiger partial charge >= 0.3 is 0 Å². The molecule has 1 aromatic heterocycles. The second kappa shape index (κ2) is 1.80. The van der Waals surface area contributed by atoms with E-state index in [1.807, 2.05) is 6.07 Å². The molecule has 2 heterocycles. The number of fused-ring (bicyclic) bond motifs is 1. The standard InChI is InChI=1S/C7H5N2O/c10-7-4-6-5(9-7)2-1-3-8-6/h1-4H,(H,9,10). The van der Waals surface area contributed by atoms with Gasteiger partial charge in [-0.15, -0.1) is 0 Å². The van der Waals surface area contributed by atoms with Crippen molar-refractivity contribution in [3.05, 3.63) is 30.4 Å². The van der Waals surface area contributed by atoms with E-state index in [4.69, 9.17) is 0 Å². The fourth-order valence-corrected chi connectivity index (χ4v) is 0.931. The summed E-state index contributed by atoms with van der Waals surface area (Å²) in [4.78, 5) is 14.7. The van der Waals surface area contributed by atoms with Crippen molar-refractivity contribution in [3.63, 3.8) is 0 Å². The lowest BCUT2D eigenvalue weighted by Crippen LogP contribution is -2.01. The Labute approximate surface area is 58.1 Å². The Morgan fingerprint density at radius 2 is 2.40 bits per heavy atom. The van der Waals surface area contributed by atoms with E-state index in [2.05, 4.69) is 10.3 Å². The van der Waals surface area contributed by atoms with E-state index in [1.54, 1.807) is 12.3 Å². The van der Waals surface area contributed by atoms with Crippen LogP contribution in [-0.2, 0) is 4.79 Å². The van der Waals surface area contributed by atoms with E-state index < -0.39 is 0 Å². The maximum atomic E-state index is 10.7. The quantitative estimate of drug-likeness (QED) is 0.562. The Bertz CT molecular complexity index is 256. The van der Waals surface area contributed by atoms with Crippen LogP contribution in [0.15, 0.2) is 18.3 Å². The van der Waals surface area contributed by atoms with E-state index in [0.717, 1.165) is 11.4 Å². The average molecular weight is 133 g/mol. The molecule has 2 rings (SSSR count). The Morgan fingerprint density at radius 3 is 3.20 bits per heavy atom. The van der Waals surface area contributed by atoms with E-state index in [-0.39, 0.29) is 5.91 Å². The maximum absolute atomic E-state index is 10.7. The van der Waals surface area contributed by atoms with Gasteiger partial charge in [-0.05, 0) is 12.1 Å². The molecule has 0 saturated carbocycles. The minimum absolute atomic E-state index is 0.0892. The van der Waals surface area contributed by atoms with Crippen molar-refractivity contribution in [2.75, 3.05) is 5.32 Å². The molecule has 0 unspecified atom stereocenters. The van der Waals surface area contributed by atoms with Crippen molar-refractivity contribution < 1.29 is 4.79 Å². The first-order valence-electron chi connectivity index (χ1n) is 2.97. The number of hydrogen-bond acceptors (Lipinski definition) is 2. The molecule has 49 valence electrons. The van der Waals surface area contributed by atoms with Crippen molar-refractivity contribution in [1.29, 1.82) is 0 Å². The van der Waals surface area contributed by atoms with Gasteiger partial charge in [0, 0.05) is 6.20 Å². The first-order valence-corrected chi connectivity index (χ1v) is 2.97. The molecule has 0 atom stereocenters. The smallest absolute Gasteiger partial charge is 0.234 e. The molecule has 0 saturated heterocycles. The van der Waals surface area contributed by atoms with Crippen LogP contribution >= 0.6 is 0 Å². The number of carbonyl (C=O) groups excluding carboxylic acids is 1. The van der Waals surface area contributed by atoms with Gasteiger partial charge in [0.25, 0.3) is 0 Å². The molecule has 1 aromatic rings. The van der Waals surface area contributed by atoms with Gasteiger partial charge in [-0.25, -0.2) is 0 Å². The summed E-state index contributed by atoms with van der Waals surface area (Å²) in [6.45, 7) is 0. The summed E-state index contributed by atoms with van der Waals surface area (Å²) in [5, 5.41) is 2.64. The third kappa shape index (κ3) is 0.673. The summed E-state index contributed by atoms with van der Waals surface area (Å²) in [5.41, 5.74) is 1.53. The molecule has 10 heavy (non-hydrogen) atoms. The minimum Gasteiger partial charge on any atom is -0.324 e. The zero-order chi connectivity index (χ0) is 6.97. The number of aromatic nitrogens is 1. The number of carbonyl (C=O) groups is 1. The molecular formula is C7H5N2O. The van der Waals surface area contributed by atoms with Crippen LogP contribution in [-0.4, -0.2) is 10.9 Å². The topological polar surface area (TPSA) is 42.0 Å². The molecule has 1 radical (unpaired) electrons. The van der Waals surface area contributed by atoms with Crippen molar-refractivity contribution in [2.24, 2.45) is 0 Å². The van der Waals surface area contributed by atoms with E-state index >= 15 is 0 Å². The first-order chi connectivity index (χ1) is 4.86. The molecule has 1 aliphatic rings. The van der Waals surface area contributed by atoms with E-state index in [9.17, 15) is 4.79 Å². The van der Waals surface area contributed by atoms with Gasteiger partial charge in [0.05, 0.1) is 17.8 Å². The first kappa shape index (κ1) is 5.41. The summed E-state index contributed by atoms with van der Waals surface area (Å²) >= 11 is 0. The number of rotatable bonds is 0. The van der Waals surface area contributed by atoms with Crippen molar-refractivity contribution in [3.8, 4) is 0 Å². The molecule has 3 heteroatoms. The van der Waals surface area contributed by atoms with Gasteiger partial charge in [-0.1, -0.05) is 0 Å². The fourth-order valence-electron chi connectivity index (χ4n) is 0.931. The molecule has 1 aliphatic heterocycles. The van der Waals surface area contributed by atoms with Crippen LogP contribution in [0.25, 0.3) is 0 Å². The number of anilines is 1. The van der Waals surface area contributed by atoms with Gasteiger partial charge in [0.2, 0.25) is 5.91 Å². The highest BCUT2D eigenvalue weighted by atomic mass is 16.1. The lowest BCUT2D eigenvalue weighted by atomic mass is 10.3. The SMILES string of the molecule is O=C1[CH]c2ncccc2N1. The monoisotopic (exact) mass is 133 g/mol. The zero-order valence-corrected chi connectivity index (χ0v) is 5.16. The highest BCUT2D eigenvalue weighted by Crippen LogP contribution is 2.20. The minimum atomic E-state index is -0.0892. The fraction of sp³-hybridized carbons (Fsp3) is 0. The lowest BCUT2D eigenvalue weighted by Gasteiger charge is -1.92. The van der Waals surface area contributed by atoms with Crippen LogP contribution in [0.3, 0.4) is 0 Å². The van der Waals surface area contributed by atoms with Gasteiger partial charge in [-0.3, -0.25) is 9.78 Å². The van der Waals surface area contributed by atoms with E-state index in [0.29, 0.717) is 0 Å². The van der Waals surface area contributed by atoms with Crippen LogP contribution in [0.2, 0.25) is 0 Å². The summed E-state index contributed by atoms with van der Waals surface area (Å²) in [6, 6.07) is 3.61. The van der Waals surface area contributed by atoms with Crippen LogP contribution in [0.1, 0.15) is 5.69 Å². The highest BCUT2D eigenvalue weighted by Gasteiger charge is 2.17. The average Bonchev–Trinajstić information content (AvgIpc) is 2.27. The second-order valence-electron chi connectivity index (χ2n) is 2.07. The highest BCUT2D eigenvalue weighted by molar-refractivity contribution is 6.05. The van der Waals surface area contributed by atoms with E-state index in [1.165, 1.54) is 6.42 Å². The maximum Gasteiger partial charge on any atom is 0.234 e. The number of pyridine rings is 1. The number of nitrogens with one attached hydrogen (secondary N) is 1. The summed E-state index contributed by atoms with van der Waals surface area (Å²) in [6.07, 6.45) is 3.14. The van der Waals surface area contributed by atoms with Crippen molar-refractivity contribution >= 4 is 11.6 Å². The van der Waals surface area contributed by atoms with Gasteiger partial charge in [-0.2, -0.15) is 0 Å². The lowest BCUT2D eigenvalue weighted by molar-refractivity contribution is -0.112. The molecule has 1 N–H and O–H groups in total. The molecule has 0 aromatic carbocycles. The Kier molecular flexibility index (Phi) is 0.974. The molecule has 0 spiro atoms. The third-order valence-electron chi connectivity index (χ3n) is 1.36. The van der Waals surface area contributed by atoms with Gasteiger partial charge in [0.15, 0.2) is 0 Å². The molecule has 0 fully saturated rings. The predicted molar refractivity (Wildman–Crippen MR) is 36.3 cm³/mol. The van der Waals surface area contributed by atoms with Gasteiger partial charge in [0.1, 0.15) is 0 Å². The van der Waals surface area contributed by atoms with Crippen LogP contribution < -0.4 is 5.32 Å². The van der Waals surface area contributed by atoms with Crippen LogP contribution in [0, 0.1) is 6.42 Å². The Balaban J connectivity index is 2.51. The molecule has 3 nitrogen and oxygen atoms in total. The van der Waals surface area contributed by atoms with Crippen molar-refractivity contribution in [1.82, 2.24) is 4.98 Å². The number of hydrogen-bond donors (Lipinski definition) is 1. The normalized spacial score (nSPS) is 14.6. The van der Waals surface area contributed by atoms with Gasteiger partial charge < -0.3 is 5.32 Å². The Hall–Kier alpha value is -1.38. The summed E-state index contributed by atoms with van der Waals surface area (Å²) in [5.74, 6) is -0.0892. The van der Waals surface area contributed by atoms with Crippen LogP contribution in [0.5, 0.6) is 0 Å². The molecule has 0 bridgehead atoms. The third-order valence-corrected chi connectivity index (χ3v) is 1.36. The predicted octanol–water partition coefficient (Wildman–Crippen LogP) is 0.586. The Morgan fingerprint density at radius 1 is 1.50 bits per heavy atom. The zero-order valence-electron chi connectivity index (χ0n) is 5.16. The summed E-state index contributed by atoms with van der Waals surface area (Å²) in [7, 11) is 0. The summed E-state index contributed by atoms with van der Waals surface area (Å²) < 4.78 is 0. The van der Waals surface area contributed by atoms with Crippen LogP contribution in [0.4, 0.5) is 5.69 Å². The molecule has 0 aliphatic carbocycles. The molecular weight excluding hydrogens is 128 g/mol. The largest absolute Gasteiger partial charge is 0.324 e. The number of amides is 1. The molecule has 1 amide bonds. The second-order valence-corrected chi connectivity index (χ2v) is 2.07. The number of nitrogens with zero attached hydrogens (tertiary/aromatic N) is 1. The van der Waals surface area contributed by atoms with Crippen molar-refractivity contribution in [2.45, 2.75) is 0 Å².